The lowest BCUT2D eigenvalue weighted by Gasteiger charge is -2.01. The van der Waals surface area contributed by atoms with Crippen molar-refractivity contribution in [1.29, 1.82) is 0 Å². The molecule has 0 spiro atoms. The number of para-hydroxylation sites is 1. The van der Waals surface area contributed by atoms with Gasteiger partial charge in [0.25, 0.3) is 0 Å². The Bertz CT molecular complexity index is 369. The van der Waals surface area contributed by atoms with Gasteiger partial charge in [-0.3, -0.25) is 4.79 Å². The third kappa shape index (κ3) is 4.64. The molecule has 0 aromatic heterocycles. The van der Waals surface area contributed by atoms with E-state index in [1.54, 1.807) is 18.2 Å². The summed E-state index contributed by atoms with van der Waals surface area (Å²) in [6, 6.07) is 7.28. The minimum atomic E-state index is -0.273. The highest BCUT2D eigenvalue weighted by molar-refractivity contribution is 5.65. The summed E-state index contributed by atoms with van der Waals surface area (Å²) in [6.45, 7) is 1.70. The van der Waals surface area contributed by atoms with E-state index in [2.05, 4.69) is 0 Å². The summed E-state index contributed by atoms with van der Waals surface area (Å²) in [7, 11) is 0. The quantitative estimate of drug-likeness (QED) is 0.612. The molecule has 0 saturated heterocycles. The van der Waals surface area contributed by atoms with Gasteiger partial charge in [-0.15, -0.1) is 0 Å². The van der Waals surface area contributed by atoms with Crippen LogP contribution in [0.2, 0.25) is 0 Å². The zero-order valence-corrected chi connectivity index (χ0v) is 9.35. The predicted octanol–water partition coefficient (Wildman–Crippen LogP) is 2.44. The number of ether oxygens (including phenoxy) is 1. The van der Waals surface area contributed by atoms with Crippen LogP contribution in [0.1, 0.15) is 18.9 Å². The van der Waals surface area contributed by atoms with Crippen LogP contribution in [0.5, 0.6) is 5.75 Å². The predicted molar refractivity (Wildman–Crippen MR) is 62.2 cm³/mol. The average molecular weight is 220 g/mol. The number of aromatic hydroxyl groups is 1. The van der Waals surface area contributed by atoms with Crippen LogP contribution in [0.4, 0.5) is 0 Å². The van der Waals surface area contributed by atoms with Crippen LogP contribution < -0.4 is 0 Å². The summed E-state index contributed by atoms with van der Waals surface area (Å²) >= 11 is 0. The molecule has 0 heterocycles. The average Bonchev–Trinajstić information content (AvgIpc) is 2.25. The van der Waals surface area contributed by atoms with Gasteiger partial charge in [-0.1, -0.05) is 30.4 Å². The van der Waals surface area contributed by atoms with Crippen molar-refractivity contribution < 1.29 is 14.6 Å². The fourth-order valence-electron chi connectivity index (χ4n) is 1.31. The highest BCUT2D eigenvalue weighted by atomic mass is 16.5. The molecule has 0 aliphatic heterocycles. The largest absolute Gasteiger partial charge is 0.508 e. The molecule has 0 radical (unpaired) electrons. The standard InChI is InChI=1S/C13H16O3/c1-11(14)16-10-6-2-3-7-12-8-4-5-9-13(12)15/h2,4-6,8-9,15H,3,7,10H2,1H3/b6-2+. The van der Waals surface area contributed by atoms with Crippen molar-refractivity contribution in [2.75, 3.05) is 6.61 Å². The minimum Gasteiger partial charge on any atom is -0.508 e. The van der Waals surface area contributed by atoms with Gasteiger partial charge in [0.15, 0.2) is 0 Å². The number of carbonyl (C=O) groups excluding carboxylic acids is 1. The molecule has 1 aromatic rings. The van der Waals surface area contributed by atoms with Crippen molar-refractivity contribution >= 4 is 5.97 Å². The molecule has 3 heteroatoms. The lowest BCUT2D eigenvalue weighted by molar-refractivity contribution is -0.139. The Kier molecular flexibility index (Phi) is 5.12. The molecule has 0 aliphatic carbocycles. The van der Waals surface area contributed by atoms with Gasteiger partial charge in [0.1, 0.15) is 12.4 Å². The molecule has 0 bridgehead atoms. The number of phenols is 1. The maximum absolute atomic E-state index is 10.5. The monoisotopic (exact) mass is 220 g/mol. The molecular weight excluding hydrogens is 204 g/mol. The first kappa shape index (κ1) is 12.3. The summed E-state index contributed by atoms with van der Waals surface area (Å²) in [6.07, 6.45) is 5.35. The van der Waals surface area contributed by atoms with Gasteiger partial charge in [-0.2, -0.15) is 0 Å². The zero-order valence-electron chi connectivity index (χ0n) is 9.35. The van der Waals surface area contributed by atoms with Gasteiger partial charge in [0.2, 0.25) is 0 Å². The topological polar surface area (TPSA) is 46.5 Å². The Labute approximate surface area is 95.4 Å². The maximum atomic E-state index is 10.5. The van der Waals surface area contributed by atoms with E-state index in [-0.39, 0.29) is 5.97 Å². The number of benzene rings is 1. The van der Waals surface area contributed by atoms with Gasteiger partial charge in [0.05, 0.1) is 0 Å². The molecule has 86 valence electrons. The first-order valence-electron chi connectivity index (χ1n) is 5.25. The second kappa shape index (κ2) is 6.67. The van der Waals surface area contributed by atoms with Crippen LogP contribution in [0.25, 0.3) is 0 Å². The molecule has 0 aliphatic rings. The molecule has 1 rings (SSSR count). The molecule has 0 amide bonds. The number of hydrogen-bond donors (Lipinski definition) is 1. The zero-order chi connectivity index (χ0) is 11.8. The second-order valence-corrected chi connectivity index (χ2v) is 3.44. The van der Waals surface area contributed by atoms with E-state index in [1.165, 1.54) is 6.92 Å². The number of aryl methyl sites for hydroxylation is 1. The highest BCUT2D eigenvalue weighted by Gasteiger charge is 1.96. The third-order valence-corrected chi connectivity index (χ3v) is 2.12. The van der Waals surface area contributed by atoms with Crippen LogP contribution in [-0.2, 0) is 16.0 Å². The van der Waals surface area contributed by atoms with Gasteiger partial charge in [-0.25, -0.2) is 0 Å². The van der Waals surface area contributed by atoms with Crippen molar-refractivity contribution in [2.45, 2.75) is 19.8 Å². The van der Waals surface area contributed by atoms with Crippen molar-refractivity contribution in [2.24, 2.45) is 0 Å². The van der Waals surface area contributed by atoms with E-state index < -0.39 is 0 Å². The van der Waals surface area contributed by atoms with Gasteiger partial charge < -0.3 is 9.84 Å². The second-order valence-electron chi connectivity index (χ2n) is 3.44. The highest BCUT2D eigenvalue weighted by Crippen LogP contribution is 2.17. The molecule has 0 atom stereocenters. The lowest BCUT2D eigenvalue weighted by Crippen LogP contribution is -1.97. The van der Waals surface area contributed by atoms with Gasteiger partial charge in [-0.05, 0) is 24.5 Å². The first-order valence-corrected chi connectivity index (χ1v) is 5.25. The number of phenolic OH excluding ortho intramolecular Hbond substituents is 1. The Morgan fingerprint density at radius 2 is 2.12 bits per heavy atom. The fourth-order valence-corrected chi connectivity index (χ4v) is 1.31. The van der Waals surface area contributed by atoms with Crippen LogP contribution >= 0.6 is 0 Å². The molecule has 3 nitrogen and oxygen atoms in total. The van der Waals surface area contributed by atoms with Crippen molar-refractivity contribution in [1.82, 2.24) is 0 Å². The maximum Gasteiger partial charge on any atom is 0.302 e. The van der Waals surface area contributed by atoms with Gasteiger partial charge >= 0.3 is 5.97 Å². The number of allylic oxidation sites excluding steroid dienone is 1. The van der Waals surface area contributed by atoms with Crippen molar-refractivity contribution in [3.05, 3.63) is 42.0 Å². The van der Waals surface area contributed by atoms with Crippen LogP contribution in [0.15, 0.2) is 36.4 Å². The summed E-state index contributed by atoms with van der Waals surface area (Å²) in [5, 5.41) is 9.49. The van der Waals surface area contributed by atoms with Crippen LogP contribution in [0.3, 0.4) is 0 Å². The van der Waals surface area contributed by atoms with E-state index in [0.29, 0.717) is 12.4 Å². The smallest absolute Gasteiger partial charge is 0.302 e. The Morgan fingerprint density at radius 1 is 1.38 bits per heavy atom. The lowest BCUT2D eigenvalue weighted by atomic mass is 10.1. The first-order chi connectivity index (χ1) is 7.70. The van der Waals surface area contributed by atoms with Crippen molar-refractivity contribution in [3.8, 4) is 5.75 Å². The third-order valence-electron chi connectivity index (χ3n) is 2.12. The Morgan fingerprint density at radius 3 is 2.81 bits per heavy atom. The summed E-state index contributed by atoms with van der Waals surface area (Å²) in [4.78, 5) is 10.5. The van der Waals surface area contributed by atoms with E-state index in [0.717, 1.165) is 18.4 Å². The SMILES string of the molecule is CC(=O)OC/C=C/CCc1ccccc1O. The molecule has 0 unspecified atom stereocenters. The molecular formula is C13H16O3. The Hall–Kier alpha value is -1.77. The summed E-state index contributed by atoms with van der Waals surface area (Å²) < 4.78 is 4.74. The molecule has 0 saturated carbocycles. The number of rotatable bonds is 5. The molecule has 0 fully saturated rings. The van der Waals surface area contributed by atoms with Crippen molar-refractivity contribution in [3.63, 3.8) is 0 Å². The van der Waals surface area contributed by atoms with E-state index in [1.807, 2.05) is 18.2 Å². The molecule has 1 N–H and O–H groups in total. The molecule has 1 aromatic carbocycles. The van der Waals surface area contributed by atoms with Gasteiger partial charge in [0, 0.05) is 6.92 Å². The molecule has 16 heavy (non-hydrogen) atoms. The fraction of sp³-hybridized carbons (Fsp3) is 0.308. The minimum absolute atomic E-state index is 0.273. The normalized spacial score (nSPS) is 10.6. The summed E-state index contributed by atoms with van der Waals surface area (Å²) in [5.41, 5.74) is 0.930. The number of hydrogen-bond acceptors (Lipinski definition) is 3. The number of esters is 1. The summed E-state index contributed by atoms with van der Waals surface area (Å²) in [5.74, 6) is 0.0567. The van der Waals surface area contributed by atoms with E-state index >= 15 is 0 Å². The van der Waals surface area contributed by atoms with E-state index in [4.69, 9.17) is 4.74 Å². The van der Waals surface area contributed by atoms with Crippen LogP contribution in [0, 0.1) is 0 Å². The van der Waals surface area contributed by atoms with E-state index in [9.17, 15) is 9.90 Å². The van der Waals surface area contributed by atoms with Crippen LogP contribution in [-0.4, -0.2) is 17.7 Å². The number of carbonyl (C=O) groups is 1. The Balaban J connectivity index is 2.25.